The zero-order chi connectivity index (χ0) is 12.8. The number of hydrogen-bond donors (Lipinski definition) is 2. The summed E-state index contributed by atoms with van der Waals surface area (Å²) in [6.45, 7) is 12.4. The van der Waals surface area contributed by atoms with Gasteiger partial charge in [0, 0.05) is 0 Å². The smallest absolute Gasteiger partial charge is 0.222 e. The Kier molecular flexibility index (Phi) is 374. The minimum Gasteiger partial charge on any atom is -0.222 e. The van der Waals surface area contributed by atoms with Crippen LogP contribution in [-0.2, 0) is 9.59 Å². The number of rotatable bonds is 1. The fourth-order valence-corrected chi connectivity index (χ4v) is 0. The van der Waals surface area contributed by atoms with Gasteiger partial charge >= 0.3 is 0 Å². The highest BCUT2D eigenvalue weighted by atomic mass is 16.1. The molecular weight excluding hydrogens is 180 g/mol. The number of nitrogens with one attached hydrogen (secondary N) is 2. The summed E-state index contributed by atoms with van der Waals surface area (Å²) in [5.41, 5.74) is 0. The van der Waals surface area contributed by atoms with Gasteiger partial charge in [-0.2, -0.15) is 0 Å². The monoisotopic (exact) mass is 204 g/mol. The highest BCUT2D eigenvalue weighted by Gasteiger charge is 1.56. The lowest BCUT2D eigenvalue weighted by Gasteiger charge is -1.68. The maximum absolute atomic E-state index is 8.35. The van der Waals surface area contributed by atoms with Gasteiger partial charge < -0.3 is 0 Å². The van der Waals surface area contributed by atoms with Crippen molar-refractivity contribution in [3.63, 3.8) is 0 Å². The first-order valence-corrected chi connectivity index (χ1v) is 4.82. The molecule has 0 aliphatic carbocycles. The third kappa shape index (κ3) is 17800. The van der Waals surface area contributed by atoms with E-state index in [0.29, 0.717) is 0 Å². The minimum absolute atomic E-state index is 0.750. The van der Waals surface area contributed by atoms with Crippen molar-refractivity contribution < 1.29 is 9.59 Å². The van der Waals surface area contributed by atoms with E-state index in [1.54, 1.807) is 0 Å². The van der Waals surface area contributed by atoms with Crippen LogP contribution in [0.2, 0.25) is 0 Å². The maximum atomic E-state index is 8.35. The third-order valence-electron chi connectivity index (χ3n) is 0.500. The lowest BCUT2D eigenvalue weighted by molar-refractivity contribution is 0.562. The van der Waals surface area contributed by atoms with Crippen LogP contribution >= 0.6 is 0 Å². The molecule has 0 amide bonds. The van der Waals surface area contributed by atoms with Crippen LogP contribution in [0.25, 0.3) is 0 Å². The first kappa shape index (κ1) is 29.3. The van der Waals surface area contributed by atoms with Crippen molar-refractivity contribution >= 4 is 12.2 Å². The van der Waals surface area contributed by atoms with Crippen molar-refractivity contribution in [3.8, 4) is 0 Å². The highest BCUT2D eigenvalue weighted by Crippen LogP contribution is 1.76. The van der Waals surface area contributed by atoms with Gasteiger partial charge in [-0.05, 0) is 0 Å². The molecule has 0 fully saturated rings. The lowest BCUT2D eigenvalue weighted by Crippen LogP contribution is -1.47. The molecule has 0 atom stereocenters. The van der Waals surface area contributed by atoms with Crippen LogP contribution < -0.4 is 0 Å². The van der Waals surface area contributed by atoms with E-state index in [1.165, 1.54) is 12.8 Å². The van der Waals surface area contributed by atoms with Gasteiger partial charge in [-0.3, -0.25) is 0 Å². The number of carbonyl (C=O) groups excluding carboxylic acids is 2. The van der Waals surface area contributed by atoms with Gasteiger partial charge in [0.2, 0.25) is 12.2 Å². The minimum atomic E-state index is 0.750. The summed E-state index contributed by atoms with van der Waals surface area (Å²) in [5, 5.41) is 10.8. The average Bonchev–Trinajstić information content (AvgIpc) is 2.26. The highest BCUT2D eigenvalue weighted by molar-refractivity contribution is 5.26. The number of hydrogen-bond acceptors (Lipinski definition) is 4. The summed E-state index contributed by atoms with van der Waals surface area (Å²) in [5.74, 6) is 0. The van der Waals surface area contributed by atoms with E-state index in [9.17, 15) is 0 Å². The Balaban J connectivity index is -0.0000000249. The molecule has 0 saturated heterocycles. The summed E-state index contributed by atoms with van der Waals surface area (Å²) in [6, 6.07) is 0. The van der Waals surface area contributed by atoms with Crippen molar-refractivity contribution in [3.05, 3.63) is 0 Å². The van der Waals surface area contributed by atoms with Crippen LogP contribution in [0.1, 0.15) is 54.4 Å². The van der Waals surface area contributed by atoms with Crippen LogP contribution in [0.3, 0.4) is 0 Å². The van der Waals surface area contributed by atoms with Gasteiger partial charge in [-0.15, -0.1) is 0 Å². The third-order valence-corrected chi connectivity index (χ3v) is 0.500. The summed E-state index contributed by atoms with van der Waals surface area (Å²) in [7, 11) is 0. The Bertz CT molecular complexity index is 88.7. The maximum Gasteiger partial charge on any atom is 0.231 e. The second-order valence-corrected chi connectivity index (χ2v) is 1.20. The van der Waals surface area contributed by atoms with E-state index in [4.69, 9.17) is 20.4 Å². The Hall–Kier alpha value is -1.24. The largest absolute Gasteiger partial charge is 0.231 e. The van der Waals surface area contributed by atoms with Crippen LogP contribution in [0, 0.1) is 10.8 Å². The Morgan fingerprint density at radius 2 is 0.857 bits per heavy atom. The molecule has 0 aliphatic heterocycles. The topological polar surface area (TPSA) is 81.8 Å². The molecule has 2 N–H and O–H groups in total. The van der Waals surface area contributed by atoms with Crippen molar-refractivity contribution in [2.45, 2.75) is 54.4 Å². The molecule has 86 valence electrons. The molecule has 0 aromatic heterocycles. The van der Waals surface area contributed by atoms with Gasteiger partial charge in [0.1, 0.15) is 0 Å². The summed E-state index contributed by atoms with van der Waals surface area (Å²) in [6.07, 6.45) is 4.14. The first-order valence-electron chi connectivity index (χ1n) is 4.82. The fourth-order valence-electron chi connectivity index (χ4n) is 0. The van der Waals surface area contributed by atoms with Gasteiger partial charge in [0.15, 0.2) is 0 Å². The van der Waals surface area contributed by atoms with Gasteiger partial charge in [0.05, 0.1) is 0 Å². The summed E-state index contributed by atoms with van der Waals surface area (Å²) >= 11 is 0. The Morgan fingerprint density at radius 1 is 0.786 bits per heavy atom. The molecule has 0 aromatic rings. The molecule has 0 rings (SSSR count). The van der Waals surface area contributed by atoms with Crippen LogP contribution in [0.5, 0.6) is 0 Å². The molecule has 0 unspecified atom stereocenters. The van der Waals surface area contributed by atoms with Crippen molar-refractivity contribution in [2.24, 2.45) is 0 Å². The molecule has 0 bridgehead atoms. The second-order valence-electron chi connectivity index (χ2n) is 1.20. The molecule has 0 heterocycles. The molecule has 4 heteroatoms. The zero-order valence-corrected chi connectivity index (χ0v) is 10.2. The molecule has 14 heavy (non-hydrogen) atoms. The zero-order valence-electron chi connectivity index (χ0n) is 10.2. The van der Waals surface area contributed by atoms with E-state index in [2.05, 4.69) is 13.8 Å². The van der Waals surface area contributed by atoms with Crippen molar-refractivity contribution in [2.75, 3.05) is 0 Å². The molecule has 0 aromatic carbocycles. The van der Waals surface area contributed by atoms with E-state index in [-0.39, 0.29) is 0 Å². The molecule has 0 saturated carbocycles. The molecule has 0 radical (unpaired) electrons. The second kappa shape index (κ2) is 179. The normalized spacial score (nSPS) is 4.14. The number of unbranched alkanes of at least 4 members (excludes halogenated alkanes) is 1. The van der Waals surface area contributed by atoms with Gasteiger partial charge in [-0.1, -0.05) is 54.4 Å². The Labute approximate surface area is 87.7 Å². The SMILES string of the molecule is CC.CC.CCCC.N=C=O.N=C=O. The quantitative estimate of drug-likeness (QED) is 0.504. The van der Waals surface area contributed by atoms with Crippen molar-refractivity contribution in [1.82, 2.24) is 0 Å². The predicted octanol–water partition coefficient (Wildman–Crippen LogP) is 3.66. The first-order chi connectivity index (χ1) is 6.74. The van der Waals surface area contributed by atoms with Crippen molar-refractivity contribution in [1.29, 1.82) is 10.8 Å². The fraction of sp³-hybridized carbons (Fsp3) is 0.800. The van der Waals surface area contributed by atoms with Crippen LogP contribution in [0.15, 0.2) is 0 Å². The van der Waals surface area contributed by atoms with E-state index < -0.39 is 0 Å². The molecule has 4 nitrogen and oxygen atoms in total. The van der Waals surface area contributed by atoms with Crippen LogP contribution in [-0.4, -0.2) is 12.2 Å². The van der Waals surface area contributed by atoms with E-state index >= 15 is 0 Å². The standard InChI is InChI=1S/C4H10.2C2H6.2CHNO/c1-3-4-2;2*1-2;2*2-1-3/h3-4H2,1-2H3;2*1-2H3;2*2H. The molecule has 0 spiro atoms. The van der Waals surface area contributed by atoms with E-state index in [1.807, 2.05) is 27.7 Å². The average molecular weight is 204 g/mol. The summed E-state index contributed by atoms with van der Waals surface area (Å²) in [4.78, 5) is 16.7. The Morgan fingerprint density at radius 3 is 0.857 bits per heavy atom. The van der Waals surface area contributed by atoms with Crippen LogP contribution in [0.4, 0.5) is 0 Å². The number of isocyanates is 2. The lowest BCUT2D eigenvalue weighted by atomic mass is 10.4. The van der Waals surface area contributed by atoms with E-state index in [0.717, 1.165) is 12.2 Å². The predicted molar refractivity (Wildman–Crippen MR) is 60.1 cm³/mol. The molecular formula is C10H24N2O2. The molecule has 0 aliphatic rings. The van der Waals surface area contributed by atoms with Gasteiger partial charge in [-0.25, -0.2) is 20.4 Å². The van der Waals surface area contributed by atoms with Gasteiger partial charge in [0.25, 0.3) is 0 Å². The summed E-state index contributed by atoms with van der Waals surface area (Å²) < 4.78 is 0.